The Morgan fingerprint density at radius 3 is 1.39 bits per heavy atom. The quantitative estimate of drug-likeness (QED) is 0.183. The molecule has 10 heteroatoms. The first-order chi connectivity index (χ1) is 23.8. The van der Waals surface area contributed by atoms with Crippen LogP contribution in [-0.2, 0) is 6.54 Å². The van der Waals surface area contributed by atoms with E-state index < -0.39 is 23.1 Å². The van der Waals surface area contributed by atoms with E-state index in [0.29, 0.717) is 54.6 Å². The van der Waals surface area contributed by atoms with Crippen LogP contribution in [0, 0.1) is 54.2 Å². The number of rotatable bonds is 8. The van der Waals surface area contributed by atoms with Crippen LogP contribution in [0.3, 0.4) is 0 Å². The monoisotopic (exact) mass is 681 g/mol. The number of aliphatic hydroxyl groups is 1. The van der Waals surface area contributed by atoms with E-state index in [4.69, 9.17) is 33.5 Å². The van der Waals surface area contributed by atoms with Crippen molar-refractivity contribution in [3.05, 3.63) is 106 Å². The molecule has 0 saturated heterocycles. The number of nitrogens with two attached hydrogens (primary N) is 1. The van der Waals surface area contributed by atoms with Crippen molar-refractivity contribution in [2.45, 2.75) is 83.6 Å². The Morgan fingerprint density at radius 1 is 0.592 bits per heavy atom. The van der Waals surface area contributed by atoms with Gasteiger partial charge in [-0.2, -0.15) is 0 Å². The van der Waals surface area contributed by atoms with E-state index in [2.05, 4.69) is 9.69 Å². The molecule has 6 nitrogen and oxygen atoms in total. The lowest BCUT2D eigenvalue weighted by molar-refractivity contribution is 0.230. The van der Waals surface area contributed by atoms with E-state index in [1.165, 1.54) is 95.2 Å². The highest BCUT2D eigenvalue weighted by Crippen LogP contribution is 2.33. The van der Waals surface area contributed by atoms with Gasteiger partial charge in [-0.1, -0.05) is 56.7 Å². The summed E-state index contributed by atoms with van der Waals surface area (Å²) < 4.78 is 62.7. The SMILES string of the molecule is NCc1c(F)cccc1OCC1CCCC1.OCC1CCCC1.[C-]#[N+]c1c(F)cccc1F.[C-]#[N+]c1c(F)cccc1OCC1CCCC1. The first-order valence-corrected chi connectivity index (χ1v) is 17.1. The maximum atomic E-state index is 13.4. The molecular weight excluding hydrogens is 634 g/mol. The molecule has 3 aliphatic carbocycles. The van der Waals surface area contributed by atoms with Gasteiger partial charge in [0.25, 0.3) is 11.4 Å². The number of hydrogen-bond donors (Lipinski definition) is 2. The third kappa shape index (κ3) is 13.0. The van der Waals surface area contributed by atoms with Crippen LogP contribution in [0.1, 0.15) is 82.6 Å². The summed E-state index contributed by atoms with van der Waals surface area (Å²) in [5.41, 5.74) is 5.46. The molecule has 0 spiro atoms. The minimum Gasteiger partial charge on any atom is -0.504 e. The zero-order valence-corrected chi connectivity index (χ0v) is 28.0. The number of benzene rings is 3. The Hall–Kier alpha value is -4.12. The van der Waals surface area contributed by atoms with Crippen molar-refractivity contribution < 1.29 is 32.1 Å². The summed E-state index contributed by atoms with van der Waals surface area (Å²) in [4.78, 5) is 5.83. The summed E-state index contributed by atoms with van der Waals surface area (Å²) >= 11 is 0. The van der Waals surface area contributed by atoms with Gasteiger partial charge in [0.05, 0.1) is 26.4 Å². The van der Waals surface area contributed by atoms with Crippen molar-refractivity contribution in [1.82, 2.24) is 0 Å². The predicted molar refractivity (Wildman–Crippen MR) is 184 cm³/mol. The molecule has 0 amide bonds. The van der Waals surface area contributed by atoms with E-state index in [-0.39, 0.29) is 18.0 Å². The highest BCUT2D eigenvalue weighted by Gasteiger charge is 2.18. The van der Waals surface area contributed by atoms with E-state index in [1.54, 1.807) is 24.3 Å². The minimum absolute atomic E-state index is 0.000460. The van der Waals surface area contributed by atoms with Gasteiger partial charge in [-0.25, -0.2) is 27.3 Å². The molecule has 6 rings (SSSR count). The Balaban J connectivity index is 0.000000185. The van der Waals surface area contributed by atoms with Crippen LogP contribution in [0.25, 0.3) is 9.69 Å². The lowest BCUT2D eigenvalue weighted by Crippen LogP contribution is -2.11. The Bertz CT molecular complexity index is 1490. The molecule has 3 aromatic carbocycles. The maximum absolute atomic E-state index is 13.4. The van der Waals surface area contributed by atoms with Gasteiger partial charge in [-0.15, -0.1) is 0 Å². The standard InChI is InChI=1S/C13H14FNO.C13H18FNO.C7H3F2N.C6H12O/c1-15-13-11(14)7-4-8-12(13)16-9-10-5-2-3-6-10;14-12-6-3-7-13(11(12)8-15)16-9-10-4-1-2-5-10;1-10-7-5(8)3-2-4-6(7)9;7-5-6-3-1-2-4-6/h4,7-8,10H,2-3,5-6,9H2;3,6-7,10H,1-2,4-5,8-9,15H2;2-4H;6-7H,1-5H2. The number of aliphatic hydroxyl groups excluding tert-OH is 1. The van der Waals surface area contributed by atoms with Crippen molar-refractivity contribution in [3.8, 4) is 11.5 Å². The fourth-order valence-electron chi connectivity index (χ4n) is 6.15. The first-order valence-electron chi connectivity index (χ1n) is 17.1. The second-order valence-corrected chi connectivity index (χ2v) is 12.6. The molecular formula is C39H47F4N3O3. The molecule has 0 radical (unpaired) electrons. The van der Waals surface area contributed by atoms with E-state index in [0.717, 1.165) is 12.1 Å². The highest BCUT2D eigenvalue weighted by atomic mass is 19.1. The molecule has 3 aliphatic rings. The average Bonchev–Trinajstić information content (AvgIpc) is 3.93. The predicted octanol–water partition coefficient (Wildman–Crippen LogP) is 10.5. The summed E-state index contributed by atoms with van der Waals surface area (Å²) in [5, 5.41) is 8.57. The van der Waals surface area contributed by atoms with E-state index >= 15 is 0 Å². The van der Waals surface area contributed by atoms with Gasteiger partial charge in [0.1, 0.15) is 34.8 Å². The van der Waals surface area contributed by atoms with Gasteiger partial charge in [0, 0.05) is 18.7 Å². The van der Waals surface area contributed by atoms with Crippen molar-refractivity contribution in [2.24, 2.45) is 23.5 Å². The first kappa shape index (κ1) is 39.3. The molecule has 0 aliphatic heterocycles. The lowest BCUT2D eigenvalue weighted by atomic mass is 10.1. The molecule has 0 heterocycles. The van der Waals surface area contributed by atoms with Crippen molar-refractivity contribution in [2.75, 3.05) is 19.8 Å². The van der Waals surface area contributed by atoms with Crippen molar-refractivity contribution in [1.29, 1.82) is 0 Å². The lowest BCUT2D eigenvalue weighted by Gasteiger charge is -2.14. The second-order valence-electron chi connectivity index (χ2n) is 12.6. The number of halogens is 4. The van der Waals surface area contributed by atoms with Crippen LogP contribution in [-0.4, -0.2) is 24.9 Å². The van der Waals surface area contributed by atoms with Crippen LogP contribution in [0.2, 0.25) is 0 Å². The van der Waals surface area contributed by atoms with Crippen LogP contribution >= 0.6 is 0 Å². The molecule has 0 atom stereocenters. The smallest absolute Gasteiger partial charge is 0.262 e. The van der Waals surface area contributed by atoms with Gasteiger partial charge in [-0.3, -0.25) is 0 Å². The summed E-state index contributed by atoms with van der Waals surface area (Å²) in [7, 11) is 0. The molecule has 0 unspecified atom stereocenters. The van der Waals surface area contributed by atoms with Crippen LogP contribution in [0.4, 0.5) is 28.9 Å². The molecule has 3 N–H and O–H groups in total. The van der Waals surface area contributed by atoms with Crippen LogP contribution in [0.15, 0.2) is 54.6 Å². The summed E-state index contributed by atoms with van der Waals surface area (Å²) in [6.45, 7) is 15.2. The maximum Gasteiger partial charge on any atom is 0.262 e. The van der Waals surface area contributed by atoms with Crippen LogP contribution < -0.4 is 15.2 Å². The van der Waals surface area contributed by atoms with E-state index in [9.17, 15) is 17.6 Å². The zero-order chi connectivity index (χ0) is 35.4. The number of nitrogens with zero attached hydrogens (tertiary/aromatic N) is 2. The third-order valence-corrected chi connectivity index (χ3v) is 9.02. The number of hydrogen-bond acceptors (Lipinski definition) is 4. The van der Waals surface area contributed by atoms with Crippen LogP contribution in [0.5, 0.6) is 11.5 Å². The van der Waals surface area contributed by atoms with Gasteiger partial charge in [0.2, 0.25) is 0 Å². The second kappa shape index (κ2) is 21.8. The molecule has 0 bridgehead atoms. The molecule has 49 heavy (non-hydrogen) atoms. The fraction of sp³-hybridized carbons (Fsp3) is 0.487. The largest absolute Gasteiger partial charge is 0.504 e. The molecule has 3 fully saturated rings. The summed E-state index contributed by atoms with van der Waals surface area (Å²) in [6, 6.07) is 12.7. The van der Waals surface area contributed by atoms with E-state index in [1.807, 2.05) is 0 Å². The molecule has 264 valence electrons. The Morgan fingerprint density at radius 2 is 0.980 bits per heavy atom. The summed E-state index contributed by atoms with van der Waals surface area (Å²) in [5.74, 6) is 0.447. The molecule has 3 saturated carbocycles. The third-order valence-electron chi connectivity index (χ3n) is 9.02. The average molecular weight is 682 g/mol. The van der Waals surface area contributed by atoms with Gasteiger partial charge >= 0.3 is 0 Å². The highest BCUT2D eigenvalue weighted by molar-refractivity contribution is 5.58. The number of para-hydroxylation sites is 2. The van der Waals surface area contributed by atoms with Gasteiger partial charge in [-0.05, 0) is 92.7 Å². The Kier molecular flexibility index (Phi) is 17.5. The molecule has 3 aromatic rings. The zero-order valence-electron chi connectivity index (χ0n) is 28.0. The normalized spacial score (nSPS) is 15.8. The van der Waals surface area contributed by atoms with Crippen molar-refractivity contribution >= 4 is 11.4 Å². The topological polar surface area (TPSA) is 73.4 Å². The van der Waals surface area contributed by atoms with Gasteiger partial charge in [0.15, 0.2) is 0 Å². The van der Waals surface area contributed by atoms with Crippen molar-refractivity contribution in [3.63, 3.8) is 0 Å². The number of ether oxygens (including phenoxy) is 2. The fourth-order valence-corrected chi connectivity index (χ4v) is 6.15. The summed E-state index contributed by atoms with van der Waals surface area (Å²) in [6.07, 6.45) is 15.1. The Labute approximate surface area is 287 Å². The minimum atomic E-state index is -0.810. The molecule has 0 aromatic heterocycles. The van der Waals surface area contributed by atoms with Gasteiger partial charge < -0.3 is 20.3 Å².